The van der Waals surface area contributed by atoms with E-state index >= 15 is 0 Å². The monoisotopic (exact) mass is 426 g/mol. The summed E-state index contributed by atoms with van der Waals surface area (Å²) < 4.78 is 36.7. The van der Waals surface area contributed by atoms with Crippen LogP contribution in [0.3, 0.4) is 0 Å². The third-order valence-electron chi connectivity index (χ3n) is 4.18. The van der Waals surface area contributed by atoms with E-state index < -0.39 is 15.9 Å². The number of likely N-dealkylation sites (N-methyl/N-ethyl adjacent to an activating group) is 1. The van der Waals surface area contributed by atoms with Crippen molar-refractivity contribution >= 4 is 27.5 Å². The first-order valence-corrected chi connectivity index (χ1v) is 10.2. The van der Waals surface area contributed by atoms with Crippen LogP contribution < -0.4 is 14.8 Å². The first-order chi connectivity index (χ1) is 13.2. The number of carbonyl (C=O) groups is 1. The van der Waals surface area contributed by atoms with Crippen LogP contribution >= 0.6 is 11.6 Å². The van der Waals surface area contributed by atoms with Gasteiger partial charge in [-0.2, -0.15) is 4.31 Å². The van der Waals surface area contributed by atoms with Crippen LogP contribution in [0.1, 0.15) is 18.5 Å². The van der Waals surface area contributed by atoms with E-state index in [1.807, 2.05) is 18.2 Å². The Morgan fingerprint density at radius 2 is 1.79 bits per heavy atom. The third-order valence-corrected chi connectivity index (χ3v) is 6.28. The minimum atomic E-state index is -3.89. The molecule has 2 aromatic rings. The van der Waals surface area contributed by atoms with Gasteiger partial charge >= 0.3 is 0 Å². The van der Waals surface area contributed by atoms with Gasteiger partial charge in [0.1, 0.15) is 11.5 Å². The molecule has 0 aliphatic rings. The highest BCUT2D eigenvalue weighted by Crippen LogP contribution is 2.28. The van der Waals surface area contributed by atoms with Gasteiger partial charge in [0.15, 0.2) is 0 Å². The maximum Gasteiger partial charge on any atom is 0.243 e. The minimum Gasteiger partial charge on any atom is -0.496 e. The number of amides is 1. The molecule has 0 aliphatic carbocycles. The average molecular weight is 427 g/mol. The molecule has 2 aromatic carbocycles. The number of hydrogen-bond acceptors (Lipinski definition) is 5. The van der Waals surface area contributed by atoms with Crippen LogP contribution in [0.15, 0.2) is 47.4 Å². The summed E-state index contributed by atoms with van der Waals surface area (Å²) in [5.74, 6) is 0.569. The molecule has 0 aliphatic heterocycles. The highest BCUT2D eigenvalue weighted by molar-refractivity contribution is 7.89. The van der Waals surface area contributed by atoms with E-state index in [0.29, 0.717) is 11.5 Å². The lowest BCUT2D eigenvalue weighted by Gasteiger charge is -2.20. The molecule has 1 amide bonds. The Bertz CT molecular complexity index is 949. The molecule has 28 heavy (non-hydrogen) atoms. The molecule has 0 heterocycles. The van der Waals surface area contributed by atoms with E-state index in [1.165, 1.54) is 32.4 Å². The predicted octanol–water partition coefficient (Wildman–Crippen LogP) is 2.86. The lowest BCUT2D eigenvalue weighted by molar-refractivity contribution is -0.121. The van der Waals surface area contributed by atoms with Crippen molar-refractivity contribution in [3.05, 3.63) is 53.1 Å². The molecule has 1 N–H and O–H groups in total. The Morgan fingerprint density at radius 1 is 1.14 bits per heavy atom. The molecule has 0 fully saturated rings. The zero-order valence-corrected chi connectivity index (χ0v) is 17.7. The number of nitrogens with one attached hydrogen (secondary N) is 1. The number of methoxy groups -OCH3 is 2. The van der Waals surface area contributed by atoms with Gasteiger partial charge < -0.3 is 14.8 Å². The highest BCUT2D eigenvalue weighted by Gasteiger charge is 2.25. The summed E-state index contributed by atoms with van der Waals surface area (Å²) in [5, 5.41) is 2.96. The van der Waals surface area contributed by atoms with Gasteiger partial charge in [-0.15, -0.1) is 0 Å². The van der Waals surface area contributed by atoms with Gasteiger partial charge in [0.2, 0.25) is 15.9 Å². The summed E-state index contributed by atoms with van der Waals surface area (Å²) >= 11 is 6.01. The molecule has 0 aromatic heterocycles. The van der Waals surface area contributed by atoms with Crippen LogP contribution in [-0.2, 0) is 14.8 Å². The van der Waals surface area contributed by atoms with Crippen molar-refractivity contribution in [1.29, 1.82) is 0 Å². The number of para-hydroxylation sites is 1. The van der Waals surface area contributed by atoms with E-state index in [1.54, 1.807) is 20.1 Å². The Labute approximate surface area is 170 Å². The van der Waals surface area contributed by atoms with Gasteiger partial charge in [-0.05, 0) is 31.2 Å². The Hall–Kier alpha value is -2.29. The van der Waals surface area contributed by atoms with Gasteiger partial charge in [0.05, 0.1) is 36.7 Å². The minimum absolute atomic E-state index is 0.0219. The molecule has 9 heteroatoms. The Kier molecular flexibility index (Phi) is 7.29. The van der Waals surface area contributed by atoms with Gasteiger partial charge in [0, 0.05) is 12.6 Å². The standard InChI is InChI=1S/C19H23ClN2O5S/c1-13(15-7-5-6-8-17(15)26-3)21-19(23)12-22(2)28(24,25)14-9-10-18(27-4)16(20)11-14/h5-11,13H,12H2,1-4H3,(H,21,23)/t13-/m0/s1. The zero-order valence-electron chi connectivity index (χ0n) is 16.1. The van der Waals surface area contributed by atoms with E-state index in [4.69, 9.17) is 21.1 Å². The van der Waals surface area contributed by atoms with Crippen molar-refractivity contribution in [3.8, 4) is 11.5 Å². The Morgan fingerprint density at radius 3 is 2.39 bits per heavy atom. The molecule has 0 radical (unpaired) electrons. The largest absolute Gasteiger partial charge is 0.496 e. The highest BCUT2D eigenvalue weighted by atomic mass is 35.5. The second kappa shape index (κ2) is 9.27. The van der Waals surface area contributed by atoms with Crippen LogP contribution in [0.5, 0.6) is 11.5 Å². The van der Waals surface area contributed by atoms with E-state index in [9.17, 15) is 13.2 Å². The van der Waals surface area contributed by atoms with Gasteiger partial charge in [0.25, 0.3) is 0 Å². The molecule has 2 rings (SSSR count). The topological polar surface area (TPSA) is 84.9 Å². The number of nitrogens with zero attached hydrogens (tertiary/aromatic N) is 1. The summed E-state index contributed by atoms with van der Waals surface area (Å²) in [6.07, 6.45) is 0. The first kappa shape index (κ1) is 22.0. The molecular formula is C19H23ClN2O5S. The fraction of sp³-hybridized carbons (Fsp3) is 0.316. The van der Waals surface area contributed by atoms with Crippen LogP contribution in [0.2, 0.25) is 5.02 Å². The van der Waals surface area contributed by atoms with Crippen molar-refractivity contribution < 1.29 is 22.7 Å². The molecular weight excluding hydrogens is 404 g/mol. The van der Waals surface area contributed by atoms with E-state index in [0.717, 1.165) is 9.87 Å². The average Bonchev–Trinajstić information content (AvgIpc) is 2.67. The number of carbonyl (C=O) groups excluding carboxylic acids is 1. The van der Waals surface area contributed by atoms with E-state index in [2.05, 4.69) is 5.32 Å². The Balaban J connectivity index is 2.09. The second-order valence-corrected chi connectivity index (χ2v) is 8.54. The summed E-state index contributed by atoms with van der Waals surface area (Å²) in [7, 11) is 0.436. The zero-order chi connectivity index (χ0) is 20.9. The maximum absolute atomic E-state index is 12.7. The van der Waals surface area contributed by atoms with Crippen molar-refractivity contribution in [1.82, 2.24) is 9.62 Å². The van der Waals surface area contributed by atoms with Crippen molar-refractivity contribution in [2.24, 2.45) is 0 Å². The second-order valence-electron chi connectivity index (χ2n) is 6.09. The number of rotatable bonds is 8. The van der Waals surface area contributed by atoms with Crippen LogP contribution in [0.4, 0.5) is 0 Å². The molecule has 0 saturated carbocycles. The normalized spacial score (nSPS) is 12.5. The number of sulfonamides is 1. The fourth-order valence-electron chi connectivity index (χ4n) is 2.66. The molecule has 1 atom stereocenters. The van der Waals surface area contributed by atoms with Crippen molar-refractivity contribution in [2.45, 2.75) is 17.9 Å². The summed E-state index contributed by atoms with van der Waals surface area (Å²) in [5.41, 5.74) is 0.797. The van der Waals surface area contributed by atoms with Crippen molar-refractivity contribution in [3.63, 3.8) is 0 Å². The van der Waals surface area contributed by atoms with Crippen LogP contribution in [-0.4, -0.2) is 46.4 Å². The van der Waals surface area contributed by atoms with Gasteiger partial charge in [-0.3, -0.25) is 4.79 Å². The maximum atomic E-state index is 12.7. The summed E-state index contributed by atoms with van der Waals surface area (Å²) in [6, 6.07) is 11.1. The smallest absolute Gasteiger partial charge is 0.243 e. The number of benzene rings is 2. The van der Waals surface area contributed by atoms with E-state index in [-0.39, 0.29) is 22.5 Å². The summed E-state index contributed by atoms with van der Waals surface area (Å²) in [4.78, 5) is 12.4. The SMILES string of the molecule is COc1ccc(S(=O)(=O)N(C)CC(=O)N[C@@H](C)c2ccccc2OC)cc1Cl. The lowest BCUT2D eigenvalue weighted by atomic mass is 10.1. The molecule has 0 saturated heterocycles. The quantitative estimate of drug-likeness (QED) is 0.701. The number of hydrogen-bond donors (Lipinski definition) is 1. The fourth-order valence-corrected chi connectivity index (χ4v) is 4.14. The van der Waals surface area contributed by atoms with Crippen molar-refractivity contribution in [2.75, 3.05) is 27.8 Å². The molecule has 152 valence electrons. The van der Waals surface area contributed by atoms with Gasteiger partial charge in [-0.25, -0.2) is 8.42 Å². The predicted molar refractivity (Wildman–Crippen MR) is 107 cm³/mol. The number of halogens is 1. The summed E-state index contributed by atoms with van der Waals surface area (Å²) in [6.45, 7) is 1.46. The first-order valence-electron chi connectivity index (χ1n) is 8.42. The van der Waals surface area contributed by atoms with Crippen LogP contribution in [0.25, 0.3) is 0 Å². The third kappa shape index (κ3) is 4.95. The van der Waals surface area contributed by atoms with Gasteiger partial charge in [-0.1, -0.05) is 29.8 Å². The van der Waals surface area contributed by atoms with Crippen LogP contribution in [0, 0.1) is 0 Å². The molecule has 0 spiro atoms. The molecule has 0 unspecified atom stereocenters. The molecule has 7 nitrogen and oxygen atoms in total. The lowest BCUT2D eigenvalue weighted by Crippen LogP contribution is -2.39. The molecule has 0 bridgehead atoms. The number of ether oxygens (including phenoxy) is 2.